The second kappa shape index (κ2) is 8.16. The molecule has 0 bridgehead atoms. The van der Waals surface area contributed by atoms with Crippen LogP contribution in [0.1, 0.15) is 17.0 Å². The number of halogens is 7. The molecule has 4 N–H and O–H groups in total. The van der Waals surface area contributed by atoms with Crippen LogP contribution in [0, 0.1) is 0 Å². The number of hydrazine groups is 1. The van der Waals surface area contributed by atoms with Crippen LogP contribution in [0.15, 0.2) is 60.8 Å². The molecule has 1 aromatic heterocycles. The highest BCUT2D eigenvalue weighted by atomic mass is 35.5. The van der Waals surface area contributed by atoms with Gasteiger partial charge in [0.05, 0.1) is 17.1 Å². The number of nitrogens with two attached hydrogens (primary N) is 2. The van der Waals surface area contributed by atoms with E-state index in [0.29, 0.717) is 16.3 Å². The topological polar surface area (TPSA) is 73.1 Å². The quantitative estimate of drug-likeness (QED) is 0.318. The van der Waals surface area contributed by atoms with E-state index in [-0.39, 0.29) is 22.1 Å². The maximum Gasteiger partial charge on any atom is 0.435 e. The molecular weight excluding hydrogens is 448 g/mol. The van der Waals surface area contributed by atoms with Crippen LogP contribution in [-0.4, -0.2) is 9.78 Å². The van der Waals surface area contributed by atoms with Crippen LogP contribution in [0.5, 0.6) is 0 Å². The first-order chi connectivity index (χ1) is 14.4. The Morgan fingerprint density at radius 3 is 2.03 bits per heavy atom. The van der Waals surface area contributed by atoms with Gasteiger partial charge in [-0.05, 0) is 42.0 Å². The number of nitrogens with zero attached hydrogens (tertiary/aromatic N) is 3. The van der Waals surface area contributed by atoms with Crippen molar-refractivity contribution in [3.05, 3.63) is 82.8 Å². The third-order valence-electron chi connectivity index (χ3n) is 4.14. The standard InChI is InChI=1S/C19H14ClF6N5/c20-12-3-7-13(8-4-12)30(28)10-15(27)11-1-5-14(6-2-11)31-17(19(24,25)26)9-16(29-31)18(21,22)23/h1-10H,27-28H2/b15-10-. The lowest BCUT2D eigenvalue weighted by molar-refractivity contribution is -0.143. The first-order valence-corrected chi connectivity index (χ1v) is 8.86. The van der Waals surface area contributed by atoms with Crippen molar-refractivity contribution >= 4 is 23.0 Å². The molecule has 0 saturated carbocycles. The van der Waals surface area contributed by atoms with E-state index < -0.39 is 23.7 Å². The molecule has 164 valence electrons. The molecule has 3 aromatic rings. The molecule has 0 aliphatic rings. The molecule has 0 radical (unpaired) electrons. The van der Waals surface area contributed by atoms with Crippen molar-refractivity contribution in [2.75, 3.05) is 5.01 Å². The van der Waals surface area contributed by atoms with E-state index >= 15 is 0 Å². The number of rotatable bonds is 4. The predicted octanol–water partition coefficient (Wildman–Crippen LogP) is 5.20. The zero-order chi connectivity index (χ0) is 23.0. The van der Waals surface area contributed by atoms with Crippen molar-refractivity contribution in [2.24, 2.45) is 11.6 Å². The van der Waals surface area contributed by atoms with Gasteiger partial charge in [-0.25, -0.2) is 10.5 Å². The predicted molar refractivity (Wildman–Crippen MR) is 104 cm³/mol. The molecule has 0 saturated heterocycles. The Morgan fingerprint density at radius 2 is 1.52 bits per heavy atom. The van der Waals surface area contributed by atoms with Gasteiger partial charge in [0.1, 0.15) is 5.69 Å². The van der Waals surface area contributed by atoms with Crippen molar-refractivity contribution in [3.63, 3.8) is 0 Å². The van der Waals surface area contributed by atoms with Gasteiger partial charge in [-0.3, -0.25) is 5.01 Å². The van der Waals surface area contributed by atoms with E-state index in [2.05, 4.69) is 5.10 Å². The fourth-order valence-electron chi connectivity index (χ4n) is 2.63. The Morgan fingerprint density at radius 1 is 0.935 bits per heavy atom. The molecule has 5 nitrogen and oxygen atoms in total. The average molecular weight is 462 g/mol. The van der Waals surface area contributed by atoms with Crippen LogP contribution in [-0.2, 0) is 12.4 Å². The monoisotopic (exact) mass is 461 g/mol. The normalized spacial score (nSPS) is 12.8. The Hall–Kier alpha value is -3.18. The van der Waals surface area contributed by atoms with Crippen molar-refractivity contribution in [1.29, 1.82) is 0 Å². The summed E-state index contributed by atoms with van der Waals surface area (Å²) in [6.07, 6.45) is -8.69. The summed E-state index contributed by atoms with van der Waals surface area (Å²) in [5, 5.41) is 4.80. The number of aromatic nitrogens is 2. The minimum Gasteiger partial charge on any atom is -0.397 e. The third kappa shape index (κ3) is 5.12. The van der Waals surface area contributed by atoms with Gasteiger partial charge in [-0.15, -0.1) is 0 Å². The second-order valence-corrected chi connectivity index (χ2v) is 6.77. The van der Waals surface area contributed by atoms with Crippen molar-refractivity contribution in [3.8, 4) is 5.69 Å². The fraction of sp³-hybridized carbons (Fsp3) is 0.105. The van der Waals surface area contributed by atoms with Crippen LogP contribution in [0.3, 0.4) is 0 Å². The van der Waals surface area contributed by atoms with Crippen LogP contribution in [0.2, 0.25) is 5.02 Å². The van der Waals surface area contributed by atoms with Crippen LogP contribution < -0.4 is 16.6 Å². The molecule has 0 amide bonds. The average Bonchev–Trinajstić information content (AvgIpc) is 3.15. The van der Waals surface area contributed by atoms with Gasteiger partial charge < -0.3 is 5.73 Å². The molecule has 1 heterocycles. The summed E-state index contributed by atoms with van der Waals surface area (Å²) in [5.41, 5.74) is 3.66. The van der Waals surface area contributed by atoms with E-state index in [4.69, 9.17) is 23.2 Å². The molecule has 0 aliphatic heterocycles. The zero-order valence-electron chi connectivity index (χ0n) is 15.4. The summed E-state index contributed by atoms with van der Waals surface area (Å²) >= 11 is 5.81. The number of hydrogen-bond acceptors (Lipinski definition) is 4. The van der Waals surface area contributed by atoms with E-state index in [0.717, 1.165) is 0 Å². The van der Waals surface area contributed by atoms with Crippen LogP contribution in [0.4, 0.5) is 32.0 Å². The summed E-state index contributed by atoms with van der Waals surface area (Å²) in [4.78, 5) is 0. The zero-order valence-corrected chi connectivity index (χ0v) is 16.2. The molecule has 12 heteroatoms. The van der Waals surface area contributed by atoms with Gasteiger partial charge in [0, 0.05) is 17.3 Å². The van der Waals surface area contributed by atoms with Gasteiger partial charge in [-0.1, -0.05) is 23.7 Å². The van der Waals surface area contributed by atoms with E-state index in [9.17, 15) is 26.3 Å². The molecule has 0 aliphatic carbocycles. The minimum atomic E-state index is -5.03. The maximum atomic E-state index is 13.2. The van der Waals surface area contributed by atoms with Crippen LogP contribution >= 0.6 is 11.6 Å². The molecule has 2 aromatic carbocycles. The molecule has 31 heavy (non-hydrogen) atoms. The molecule has 0 unspecified atom stereocenters. The van der Waals surface area contributed by atoms with Gasteiger partial charge >= 0.3 is 12.4 Å². The van der Waals surface area contributed by atoms with Crippen LogP contribution in [0.25, 0.3) is 11.4 Å². The molecule has 0 fully saturated rings. The first kappa shape index (κ1) is 22.5. The highest BCUT2D eigenvalue weighted by Gasteiger charge is 2.42. The highest BCUT2D eigenvalue weighted by Crippen LogP contribution is 2.36. The van der Waals surface area contributed by atoms with Gasteiger partial charge in [0.15, 0.2) is 5.69 Å². The maximum absolute atomic E-state index is 13.2. The molecule has 0 atom stereocenters. The van der Waals surface area contributed by atoms with E-state index in [1.54, 1.807) is 24.3 Å². The summed E-state index contributed by atoms with van der Waals surface area (Å²) < 4.78 is 78.3. The Balaban J connectivity index is 1.91. The van der Waals surface area contributed by atoms with Crippen molar-refractivity contribution < 1.29 is 26.3 Å². The van der Waals surface area contributed by atoms with Crippen molar-refractivity contribution in [2.45, 2.75) is 12.4 Å². The number of hydrogen-bond donors (Lipinski definition) is 2. The van der Waals surface area contributed by atoms with Crippen molar-refractivity contribution in [1.82, 2.24) is 9.78 Å². The lowest BCUT2D eigenvalue weighted by atomic mass is 10.1. The lowest BCUT2D eigenvalue weighted by Crippen LogP contribution is -2.25. The van der Waals surface area contributed by atoms with Gasteiger partial charge in [-0.2, -0.15) is 31.4 Å². The molecule has 0 spiro atoms. The molecule has 3 rings (SSSR count). The largest absolute Gasteiger partial charge is 0.435 e. The Bertz CT molecular complexity index is 1080. The highest BCUT2D eigenvalue weighted by molar-refractivity contribution is 6.30. The first-order valence-electron chi connectivity index (χ1n) is 8.48. The van der Waals surface area contributed by atoms with E-state index in [1.165, 1.54) is 35.5 Å². The number of benzene rings is 2. The van der Waals surface area contributed by atoms with Gasteiger partial charge in [0.25, 0.3) is 0 Å². The number of alkyl halides is 6. The summed E-state index contributed by atoms with van der Waals surface area (Å²) in [6.45, 7) is 0. The van der Waals surface area contributed by atoms with E-state index in [1.807, 2.05) is 0 Å². The Labute approximate surface area is 177 Å². The van der Waals surface area contributed by atoms with Gasteiger partial charge in [0.2, 0.25) is 0 Å². The summed E-state index contributed by atoms with van der Waals surface area (Å²) in [7, 11) is 0. The Kier molecular flexibility index (Phi) is 5.92. The summed E-state index contributed by atoms with van der Waals surface area (Å²) in [6, 6.07) is 11.5. The summed E-state index contributed by atoms with van der Waals surface area (Å²) in [5.74, 6) is 5.90. The SMILES string of the molecule is N/C(=C\N(N)c1ccc(Cl)cc1)c1ccc(-n2nc(C(F)(F)F)cc2C(F)(F)F)cc1. The third-order valence-corrected chi connectivity index (χ3v) is 4.39. The fourth-order valence-corrected chi connectivity index (χ4v) is 2.75. The second-order valence-electron chi connectivity index (χ2n) is 6.34. The molecular formula is C19H14ClF6N5. The lowest BCUT2D eigenvalue weighted by Gasteiger charge is -2.15. The number of anilines is 1. The smallest absolute Gasteiger partial charge is 0.397 e. The minimum absolute atomic E-state index is 0.0411.